The zero-order valence-electron chi connectivity index (χ0n) is 21.6. The molecule has 37 heavy (non-hydrogen) atoms. The number of carbonyl (C=O) groups excluding carboxylic acids is 2. The minimum Gasteiger partial charge on any atom is -0.357 e. The first-order valence-electron chi connectivity index (χ1n) is 12.3. The molecule has 2 amide bonds. The third-order valence-corrected chi connectivity index (χ3v) is 7.38. The summed E-state index contributed by atoms with van der Waals surface area (Å²) in [4.78, 5) is 28.2. The first-order valence-corrected chi connectivity index (χ1v) is 14.2. The van der Waals surface area contributed by atoms with Crippen molar-refractivity contribution < 1.29 is 18.0 Å². The summed E-state index contributed by atoms with van der Waals surface area (Å²) in [7, 11) is -1.95. The lowest BCUT2D eigenvalue weighted by atomic mass is 10.0. The van der Waals surface area contributed by atoms with E-state index in [0.29, 0.717) is 18.5 Å². The van der Waals surface area contributed by atoms with Crippen LogP contribution in [-0.2, 0) is 32.6 Å². The maximum atomic E-state index is 13.6. The number of nitrogens with zero attached hydrogens (tertiary/aromatic N) is 2. The Morgan fingerprint density at radius 3 is 2.03 bits per heavy atom. The highest BCUT2D eigenvalue weighted by molar-refractivity contribution is 7.92. The number of nitrogens with one attached hydrogen (secondary N) is 1. The van der Waals surface area contributed by atoms with Crippen LogP contribution in [0.4, 0.5) is 5.69 Å². The van der Waals surface area contributed by atoms with Crippen LogP contribution in [0.3, 0.4) is 0 Å². The van der Waals surface area contributed by atoms with Gasteiger partial charge in [0.1, 0.15) is 6.04 Å². The van der Waals surface area contributed by atoms with Crippen molar-refractivity contribution in [1.29, 1.82) is 0 Å². The number of likely N-dealkylation sites (N-methyl/N-ethyl adjacent to an activating group) is 1. The van der Waals surface area contributed by atoms with Gasteiger partial charge in [-0.2, -0.15) is 0 Å². The molecular weight excluding hydrogens is 486 g/mol. The van der Waals surface area contributed by atoms with Gasteiger partial charge in [0.05, 0.1) is 11.9 Å². The average Bonchev–Trinajstić information content (AvgIpc) is 2.89. The van der Waals surface area contributed by atoms with Crippen LogP contribution in [0.1, 0.15) is 29.5 Å². The summed E-state index contributed by atoms with van der Waals surface area (Å²) in [5.41, 5.74) is 3.53. The molecular formula is C29H35N3O4S. The number of amides is 2. The second-order valence-corrected chi connectivity index (χ2v) is 11.0. The van der Waals surface area contributed by atoms with Gasteiger partial charge in [-0.15, -0.1) is 0 Å². The van der Waals surface area contributed by atoms with E-state index >= 15 is 0 Å². The van der Waals surface area contributed by atoms with Gasteiger partial charge < -0.3 is 10.2 Å². The van der Waals surface area contributed by atoms with Crippen LogP contribution >= 0.6 is 0 Å². The SMILES string of the molecule is CNC(=O)[C@H](Cc1ccccc1)N(Cc1ccc(C)cc1)C(=O)CCCN(c1ccccc1)S(C)(=O)=O. The highest BCUT2D eigenvalue weighted by Crippen LogP contribution is 2.20. The monoisotopic (exact) mass is 521 g/mol. The number of hydrogen-bond donors (Lipinski definition) is 1. The lowest BCUT2D eigenvalue weighted by Gasteiger charge is -2.31. The molecule has 1 atom stereocenters. The Bertz CT molecular complexity index is 1260. The number of carbonyl (C=O) groups is 2. The van der Waals surface area contributed by atoms with Crippen molar-refractivity contribution in [1.82, 2.24) is 10.2 Å². The summed E-state index contributed by atoms with van der Waals surface area (Å²) in [6.45, 7) is 2.44. The van der Waals surface area contributed by atoms with E-state index in [-0.39, 0.29) is 31.3 Å². The fraction of sp³-hybridized carbons (Fsp3) is 0.310. The first-order chi connectivity index (χ1) is 17.7. The van der Waals surface area contributed by atoms with E-state index in [1.54, 1.807) is 36.2 Å². The average molecular weight is 522 g/mol. The quantitative estimate of drug-likeness (QED) is 0.391. The lowest BCUT2D eigenvalue weighted by Crippen LogP contribution is -2.49. The van der Waals surface area contributed by atoms with Crippen molar-refractivity contribution in [3.63, 3.8) is 0 Å². The Hall–Kier alpha value is -3.65. The zero-order valence-corrected chi connectivity index (χ0v) is 22.4. The molecule has 0 unspecified atom stereocenters. The predicted molar refractivity (Wildman–Crippen MR) is 148 cm³/mol. The van der Waals surface area contributed by atoms with Crippen LogP contribution in [0.25, 0.3) is 0 Å². The second kappa shape index (κ2) is 13.1. The molecule has 8 heteroatoms. The number of anilines is 1. The zero-order chi connectivity index (χ0) is 26.8. The largest absolute Gasteiger partial charge is 0.357 e. The summed E-state index contributed by atoms with van der Waals surface area (Å²) in [6, 6.07) is 25.6. The molecule has 3 rings (SSSR count). The van der Waals surface area contributed by atoms with E-state index < -0.39 is 16.1 Å². The van der Waals surface area contributed by atoms with E-state index in [9.17, 15) is 18.0 Å². The lowest BCUT2D eigenvalue weighted by molar-refractivity contribution is -0.141. The number of para-hydroxylation sites is 1. The predicted octanol–water partition coefficient (Wildman–Crippen LogP) is 3.93. The highest BCUT2D eigenvalue weighted by atomic mass is 32.2. The summed E-state index contributed by atoms with van der Waals surface area (Å²) in [5, 5.41) is 2.71. The minimum absolute atomic E-state index is 0.104. The fourth-order valence-corrected chi connectivity index (χ4v) is 5.17. The molecule has 0 heterocycles. The van der Waals surface area contributed by atoms with Crippen molar-refractivity contribution in [2.24, 2.45) is 0 Å². The standard InChI is InChI=1S/C29H35N3O4S/c1-23-16-18-25(19-17-23)22-31(27(29(34)30-2)21-24-11-6-4-7-12-24)28(33)15-10-20-32(37(3,35)36)26-13-8-5-9-14-26/h4-9,11-14,16-19,27H,10,15,20-22H2,1-3H3,(H,30,34)/t27-/m0/s1. The van der Waals surface area contributed by atoms with Crippen LogP contribution in [0.2, 0.25) is 0 Å². The molecule has 0 aromatic heterocycles. The number of benzene rings is 3. The smallest absolute Gasteiger partial charge is 0.242 e. The van der Waals surface area contributed by atoms with Gasteiger partial charge in [-0.3, -0.25) is 13.9 Å². The van der Waals surface area contributed by atoms with E-state index in [2.05, 4.69) is 5.32 Å². The van der Waals surface area contributed by atoms with Crippen molar-refractivity contribution in [3.8, 4) is 0 Å². The molecule has 0 aliphatic heterocycles. The Morgan fingerprint density at radius 1 is 0.865 bits per heavy atom. The third kappa shape index (κ3) is 8.18. The molecule has 0 aliphatic carbocycles. The topological polar surface area (TPSA) is 86.8 Å². The number of rotatable bonds is 12. The van der Waals surface area contributed by atoms with E-state index in [0.717, 1.165) is 22.9 Å². The van der Waals surface area contributed by atoms with Crippen LogP contribution < -0.4 is 9.62 Å². The van der Waals surface area contributed by atoms with Gasteiger partial charge in [-0.05, 0) is 36.6 Å². The Balaban J connectivity index is 1.83. The normalized spacial score (nSPS) is 12.0. The van der Waals surface area contributed by atoms with Crippen molar-refractivity contribution in [3.05, 3.63) is 102 Å². The highest BCUT2D eigenvalue weighted by Gasteiger charge is 2.30. The maximum Gasteiger partial charge on any atom is 0.242 e. The van der Waals surface area contributed by atoms with Crippen molar-refractivity contribution >= 4 is 27.5 Å². The molecule has 3 aromatic carbocycles. The number of hydrogen-bond acceptors (Lipinski definition) is 4. The summed E-state index contributed by atoms with van der Waals surface area (Å²) in [5.74, 6) is -0.446. The van der Waals surface area contributed by atoms with Crippen molar-refractivity contribution in [2.45, 2.75) is 38.8 Å². The molecule has 0 aliphatic rings. The fourth-order valence-electron chi connectivity index (χ4n) is 4.21. The van der Waals surface area contributed by atoms with Crippen LogP contribution in [-0.4, -0.2) is 51.0 Å². The Kier molecular flexibility index (Phi) is 9.85. The van der Waals surface area contributed by atoms with Crippen LogP contribution in [0.15, 0.2) is 84.9 Å². The van der Waals surface area contributed by atoms with E-state index in [1.165, 1.54) is 4.31 Å². The Labute approximate surface area is 220 Å². The van der Waals surface area contributed by atoms with Crippen LogP contribution in [0, 0.1) is 6.92 Å². The van der Waals surface area contributed by atoms with E-state index in [1.807, 2.05) is 67.6 Å². The molecule has 1 N–H and O–H groups in total. The molecule has 0 saturated heterocycles. The van der Waals surface area contributed by atoms with Gasteiger partial charge >= 0.3 is 0 Å². The second-order valence-electron chi connectivity index (χ2n) is 9.10. The van der Waals surface area contributed by atoms with Gasteiger partial charge in [0, 0.05) is 33.0 Å². The number of sulfonamides is 1. The molecule has 0 bridgehead atoms. The van der Waals surface area contributed by atoms with Gasteiger partial charge in [-0.1, -0.05) is 78.4 Å². The molecule has 0 saturated carbocycles. The molecule has 0 radical (unpaired) electrons. The first kappa shape index (κ1) is 27.9. The summed E-state index contributed by atoms with van der Waals surface area (Å²) < 4.78 is 26.2. The third-order valence-electron chi connectivity index (χ3n) is 6.19. The molecule has 196 valence electrons. The van der Waals surface area contributed by atoms with Crippen molar-refractivity contribution in [2.75, 3.05) is 24.2 Å². The van der Waals surface area contributed by atoms with Gasteiger partial charge in [0.2, 0.25) is 21.8 Å². The molecule has 7 nitrogen and oxygen atoms in total. The molecule has 3 aromatic rings. The maximum absolute atomic E-state index is 13.6. The number of aryl methyl sites for hydroxylation is 1. The van der Waals surface area contributed by atoms with Gasteiger partial charge in [0.25, 0.3) is 0 Å². The molecule has 0 fully saturated rings. The van der Waals surface area contributed by atoms with Gasteiger partial charge in [-0.25, -0.2) is 8.42 Å². The van der Waals surface area contributed by atoms with E-state index in [4.69, 9.17) is 0 Å². The Morgan fingerprint density at radius 2 is 1.46 bits per heavy atom. The minimum atomic E-state index is -3.52. The summed E-state index contributed by atoms with van der Waals surface area (Å²) in [6.07, 6.45) is 1.95. The van der Waals surface area contributed by atoms with Gasteiger partial charge in [0.15, 0.2) is 0 Å². The molecule has 0 spiro atoms. The van der Waals surface area contributed by atoms with Crippen LogP contribution in [0.5, 0.6) is 0 Å². The summed E-state index contributed by atoms with van der Waals surface area (Å²) >= 11 is 0.